The van der Waals surface area contributed by atoms with Crippen molar-refractivity contribution >= 4 is 30.5 Å². The molecule has 3 nitrogen and oxygen atoms in total. The van der Waals surface area contributed by atoms with Crippen LogP contribution in [0.5, 0.6) is 0 Å². The van der Waals surface area contributed by atoms with Gasteiger partial charge in [-0.1, -0.05) is 48.5 Å². The molecule has 0 aliphatic heterocycles. The van der Waals surface area contributed by atoms with Gasteiger partial charge >= 0.3 is 0 Å². The molecule has 23 heavy (non-hydrogen) atoms. The summed E-state index contributed by atoms with van der Waals surface area (Å²) in [4.78, 5) is 8.64. The molecular formula is C19H22ClN3. The quantitative estimate of drug-likeness (QED) is 0.770. The van der Waals surface area contributed by atoms with Crippen LogP contribution < -0.4 is 0 Å². The van der Waals surface area contributed by atoms with Gasteiger partial charge in [0, 0.05) is 12.4 Å². The minimum Gasteiger partial charge on any atom is -0.306 e. The van der Waals surface area contributed by atoms with Crippen LogP contribution in [-0.4, -0.2) is 31.2 Å². The first-order chi connectivity index (χ1) is 10.7. The van der Waals surface area contributed by atoms with Crippen molar-refractivity contribution in [2.45, 2.75) is 13.8 Å². The van der Waals surface area contributed by atoms with Crippen LogP contribution in [0.15, 0.2) is 58.5 Å². The molecule has 0 aromatic heterocycles. The zero-order valence-corrected chi connectivity index (χ0v) is 14.3. The summed E-state index contributed by atoms with van der Waals surface area (Å²) in [5.41, 5.74) is 5.08. The highest BCUT2D eigenvalue weighted by molar-refractivity contribution is 5.91. The molecule has 1 N–H and O–H groups in total. The van der Waals surface area contributed by atoms with Gasteiger partial charge in [-0.05, 0) is 36.1 Å². The number of nitrogens with one attached hydrogen (secondary N) is 1. The standard InChI is InChI=1S/C19H21N3.ClH/c1-15-7-3-5-9-17(15)11-21-13-19(20)14-22-12-18-10-6-4-8-16(18)2;/h3-12,20H,13-14H2,1-2H3;1H. The number of halogens is 1. The molecule has 120 valence electrons. The Hall–Kier alpha value is -2.26. The third-order valence-corrected chi connectivity index (χ3v) is 3.40. The first kappa shape index (κ1) is 18.8. The highest BCUT2D eigenvalue weighted by Crippen LogP contribution is 2.04. The molecule has 2 aromatic rings. The number of benzene rings is 2. The van der Waals surface area contributed by atoms with E-state index in [2.05, 4.69) is 36.0 Å². The van der Waals surface area contributed by atoms with Gasteiger partial charge in [0.15, 0.2) is 0 Å². The molecule has 2 rings (SSSR count). The van der Waals surface area contributed by atoms with Crippen molar-refractivity contribution in [2.24, 2.45) is 9.98 Å². The number of hydrogen-bond donors (Lipinski definition) is 1. The van der Waals surface area contributed by atoms with E-state index in [1.54, 1.807) is 0 Å². The zero-order chi connectivity index (χ0) is 15.8. The van der Waals surface area contributed by atoms with E-state index in [1.165, 1.54) is 11.1 Å². The molecule has 0 fully saturated rings. The Kier molecular flexibility index (Phi) is 7.92. The van der Waals surface area contributed by atoms with E-state index < -0.39 is 0 Å². The summed E-state index contributed by atoms with van der Waals surface area (Å²) in [5.74, 6) is 0. The highest BCUT2D eigenvalue weighted by atomic mass is 35.5. The molecule has 4 heteroatoms. The SMILES string of the molecule is Cc1ccccc1C=NCC(=N)CN=Cc1ccccc1C.Cl. The lowest BCUT2D eigenvalue weighted by atomic mass is 10.1. The second kappa shape index (κ2) is 9.70. The molecule has 0 spiro atoms. The highest BCUT2D eigenvalue weighted by Gasteiger charge is 1.96. The molecular weight excluding hydrogens is 306 g/mol. The van der Waals surface area contributed by atoms with Crippen molar-refractivity contribution in [3.8, 4) is 0 Å². The Morgan fingerprint density at radius 3 is 1.61 bits per heavy atom. The smallest absolute Gasteiger partial charge is 0.0784 e. The minimum atomic E-state index is 0. The van der Waals surface area contributed by atoms with Gasteiger partial charge in [-0.3, -0.25) is 9.98 Å². The summed E-state index contributed by atoms with van der Waals surface area (Å²) in [5, 5.41) is 7.90. The lowest BCUT2D eigenvalue weighted by Gasteiger charge is -2.00. The predicted molar refractivity (Wildman–Crippen MR) is 102 cm³/mol. The third kappa shape index (κ3) is 6.17. The summed E-state index contributed by atoms with van der Waals surface area (Å²) >= 11 is 0. The lowest BCUT2D eigenvalue weighted by Crippen LogP contribution is -2.06. The molecule has 0 bridgehead atoms. The minimum absolute atomic E-state index is 0. The number of aryl methyl sites for hydroxylation is 2. The molecule has 0 saturated heterocycles. The zero-order valence-electron chi connectivity index (χ0n) is 13.5. The second-order valence-corrected chi connectivity index (χ2v) is 5.26. The van der Waals surface area contributed by atoms with Gasteiger partial charge in [-0.15, -0.1) is 12.4 Å². The Labute approximate surface area is 144 Å². The van der Waals surface area contributed by atoms with Gasteiger partial charge in [0.05, 0.1) is 18.8 Å². The van der Waals surface area contributed by atoms with Crippen molar-refractivity contribution < 1.29 is 0 Å². The van der Waals surface area contributed by atoms with Crippen LogP contribution in [0.3, 0.4) is 0 Å². The molecule has 0 amide bonds. The Morgan fingerprint density at radius 2 is 1.22 bits per heavy atom. The van der Waals surface area contributed by atoms with E-state index in [4.69, 9.17) is 5.41 Å². The van der Waals surface area contributed by atoms with Gasteiger partial charge in [0.1, 0.15) is 0 Å². The number of aliphatic imine (C=N–C) groups is 2. The van der Waals surface area contributed by atoms with Crippen molar-refractivity contribution in [1.29, 1.82) is 5.41 Å². The topological polar surface area (TPSA) is 48.6 Å². The monoisotopic (exact) mass is 327 g/mol. The van der Waals surface area contributed by atoms with E-state index in [-0.39, 0.29) is 12.4 Å². The second-order valence-electron chi connectivity index (χ2n) is 5.26. The van der Waals surface area contributed by atoms with Crippen LogP contribution in [-0.2, 0) is 0 Å². The van der Waals surface area contributed by atoms with Crippen LogP contribution in [0.25, 0.3) is 0 Å². The van der Waals surface area contributed by atoms with Crippen LogP contribution >= 0.6 is 12.4 Å². The fraction of sp³-hybridized carbons (Fsp3) is 0.211. The number of nitrogens with zero attached hydrogens (tertiary/aromatic N) is 2. The van der Waals surface area contributed by atoms with Gasteiger partial charge in [-0.25, -0.2) is 0 Å². The third-order valence-electron chi connectivity index (χ3n) is 3.40. The van der Waals surface area contributed by atoms with Crippen molar-refractivity contribution in [2.75, 3.05) is 13.1 Å². The largest absolute Gasteiger partial charge is 0.306 e. The van der Waals surface area contributed by atoms with Crippen LogP contribution in [0.4, 0.5) is 0 Å². The summed E-state index contributed by atoms with van der Waals surface area (Å²) < 4.78 is 0. The van der Waals surface area contributed by atoms with Gasteiger partial charge in [0.2, 0.25) is 0 Å². The van der Waals surface area contributed by atoms with Crippen molar-refractivity contribution in [1.82, 2.24) is 0 Å². The Bertz CT molecular complexity index is 646. The van der Waals surface area contributed by atoms with E-state index in [0.29, 0.717) is 18.8 Å². The molecule has 0 heterocycles. The molecule has 0 atom stereocenters. The van der Waals surface area contributed by atoms with Crippen LogP contribution in [0.1, 0.15) is 22.3 Å². The normalized spacial score (nSPS) is 10.9. The van der Waals surface area contributed by atoms with Crippen LogP contribution in [0.2, 0.25) is 0 Å². The number of hydrogen-bond acceptors (Lipinski definition) is 3. The number of rotatable bonds is 6. The van der Waals surface area contributed by atoms with Gasteiger partial charge in [0.25, 0.3) is 0 Å². The van der Waals surface area contributed by atoms with E-state index in [1.807, 2.05) is 48.8 Å². The summed E-state index contributed by atoms with van der Waals surface area (Å²) in [6.45, 7) is 4.89. The summed E-state index contributed by atoms with van der Waals surface area (Å²) in [7, 11) is 0. The molecule has 0 unspecified atom stereocenters. The van der Waals surface area contributed by atoms with E-state index in [9.17, 15) is 0 Å². The fourth-order valence-electron chi connectivity index (χ4n) is 2.02. The fourth-order valence-corrected chi connectivity index (χ4v) is 2.02. The molecule has 0 aliphatic rings. The van der Waals surface area contributed by atoms with E-state index in [0.717, 1.165) is 11.1 Å². The maximum Gasteiger partial charge on any atom is 0.0784 e. The van der Waals surface area contributed by atoms with Crippen LogP contribution in [0, 0.1) is 19.3 Å². The molecule has 2 aromatic carbocycles. The van der Waals surface area contributed by atoms with Crippen molar-refractivity contribution in [3.63, 3.8) is 0 Å². The summed E-state index contributed by atoms with van der Waals surface area (Å²) in [6.07, 6.45) is 3.66. The maximum absolute atomic E-state index is 7.90. The molecule has 0 radical (unpaired) electrons. The maximum atomic E-state index is 7.90. The van der Waals surface area contributed by atoms with Gasteiger partial charge < -0.3 is 5.41 Å². The van der Waals surface area contributed by atoms with Gasteiger partial charge in [-0.2, -0.15) is 0 Å². The molecule has 0 aliphatic carbocycles. The first-order valence-corrected chi connectivity index (χ1v) is 7.34. The van der Waals surface area contributed by atoms with E-state index >= 15 is 0 Å². The van der Waals surface area contributed by atoms with Crippen molar-refractivity contribution in [3.05, 3.63) is 70.8 Å². The Morgan fingerprint density at radius 1 is 0.826 bits per heavy atom. The summed E-state index contributed by atoms with van der Waals surface area (Å²) in [6, 6.07) is 16.2. The Balaban J connectivity index is 0.00000264. The average molecular weight is 328 g/mol. The predicted octanol–water partition coefficient (Wildman–Crippen LogP) is 4.28. The first-order valence-electron chi connectivity index (χ1n) is 7.34. The molecule has 0 saturated carbocycles. The lowest BCUT2D eigenvalue weighted by molar-refractivity contribution is 1.17. The average Bonchev–Trinajstić information content (AvgIpc) is 2.51.